The topological polar surface area (TPSA) is 38.0 Å². The van der Waals surface area contributed by atoms with Gasteiger partial charge in [-0.3, -0.25) is 0 Å². The van der Waals surface area contributed by atoms with E-state index in [2.05, 4.69) is 38.1 Å². The third-order valence-electron chi connectivity index (χ3n) is 2.33. The zero-order valence-electron chi connectivity index (χ0n) is 8.74. The first-order valence-electron chi connectivity index (χ1n) is 5.01. The number of nitrogens with one attached hydrogen (secondary N) is 1. The Morgan fingerprint density at radius 1 is 1.25 bits per heavy atom. The van der Waals surface area contributed by atoms with E-state index in [-0.39, 0.29) is 0 Å². The van der Waals surface area contributed by atoms with Crippen molar-refractivity contribution >= 4 is 33.0 Å². The highest BCUT2D eigenvalue weighted by Crippen LogP contribution is 2.18. The summed E-state index contributed by atoms with van der Waals surface area (Å²) in [4.78, 5) is 0. The summed E-state index contributed by atoms with van der Waals surface area (Å²) >= 11 is 5.12. The van der Waals surface area contributed by atoms with E-state index >= 15 is 0 Å². The molecule has 0 amide bonds. The molecule has 2 nitrogen and oxygen atoms in total. The van der Waals surface area contributed by atoms with Crippen LogP contribution in [0.2, 0.25) is 0 Å². The van der Waals surface area contributed by atoms with Crippen molar-refractivity contribution in [3.63, 3.8) is 0 Å². The number of halogens is 1. The van der Waals surface area contributed by atoms with E-state index in [0.29, 0.717) is 0 Å². The van der Waals surface area contributed by atoms with Crippen LogP contribution in [0.25, 0.3) is 0 Å². The number of hydrogen-bond donors (Lipinski definition) is 2. The number of hydrogen-bond acceptors (Lipinski definition) is 3. The van der Waals surface area contributed by atoms with Crippen LogP contribution in [0.15, 0.2) is 39.5 Å². The molecule has 0 atom stereocenters. The van der Waals surface area contributed by atoms with Gasteiger partial charge in [-0.1, -0.05) is 22.0 Å². The summed E-state index contributed by atoms with van der Waals surface area (Å²) < 4.78 is 1.02. The maximum Gasteiger partial charge on any atom is 0.0370 e. The Labute approximate surface area is 108 Å². The third-order valence-corrected chi connectivity index (χ3v) is 3.56. The van der Waals surface area contributed by atoms with Crippen molar-refractivity contribution < 1.29 is 0 Å². The van der Waals surface area contributed by atoms with Crippen LogP contribution in [0.3, 0.4) is 0 Å². The summed E-state index contributed by atoms with van der Waals surface area (Å²) in [6, 6.07) is 8.11. The maximum absolute atomic E-state index is 5.91. The fourth-order valence-electron chi connectivity index (χ4n) is 1.46. The molecule has 1 heterocycles. The lowest BCUT2D eigenvalue weighted by Crippen LogP contribution is -2.13. The van der Waals surface area contributed by atoms with Gasteiger partial charge in [-0.25, -0.2) is 0 Å². The van der Waals surface area contributed by atoms with Gasteiger partial charge in [0.05, 0.1) is 0 Å². The third kappa shape index (κ3) is 3.07. The fraction of sp³-hybridized carbons (Fsp3) is 0.167. The first-order valence-corrected chi connectivity index (χ1v) is 6.75. The normalized spacial score (nSPS) is 10.6. The Hall–Kier alpha value is -0.840. The van der Waals surface area contributed by atoms with Gasteiger partial charge < -0.3 is 11.1 Å². The smallest absolute Gasteiger partial charge is 0.0370 e. The Bertz CT molecular complexity index is 454. The summed E-state index contributed by atoms with van der Waals surface area (Å²) in [5.41, 5.74) is 9.20. The molecule has 0 saturated carbocycles. The van der Waals surface area contributed by atoms with Gasteiger partial charge in [-0.2, -0.15) is 11.3 Å². The van der Waals surface area contributed by atoms with E-state index in [1.165, 1.54) is 5.56 Å². The van der Waals surface area contributed by atoms with Crippen molar-refractivity contribution in [1.29, 1.82) is 0 Å². The van der Waals surface area contributed by atoms with Gasteiger partial charge in [0, 0.05) is 23.2 Å². The molecule has 0 saturated heterocycles. The highest BCUT2D eigenvalue weighted by molar-refractivity contribution is 9.10. The van der Waals surface area contributed by atoms with E-state index in [4.69, 9.17) is 5.73 Å². The van der Waals surface area contributed by atoms with Crippen LogP contribution >= 0.6 is 27.3 Å². The van der Waals surface area contributed by atoms with Gasteiger partial charge >= 0.3 is 0 Å². The number of benzene rings is 1. The molecule has 84 valence electrons. The molecule has 1 aromatic heterocycles. The van der Waals surface area contributed by atoms with Crippen LogP contribution in [-0.4, -0.2) is 0 Å². The fourth-order valence-corrected chi connectivity index (χ4v) is 2.51. The molecule has 16 heavy (non-hydrogen) atoms. The molecule has 0 spiro atoms. The molecule has 1 aromatic carbocycles. The van der Waals surface area contributed by atoms with Gasteiger partial charge in [0.1, 0.15) is 0 Å². The minimum absolute atomic E-state index is 0.801. The molecule has 2 rings (SSSR count). The molecule has 0 bridgehead atoms. The standard InChI is InChI=1S/C12H13BrN2S/c13-11-2-1-10(12(14)5-11)7-15-6-9-3-4-16-8-9/h1-5,8,15H,6-7,14H2. The van der Waals surface area contributed by atoms with Crippen molar-refractivity contribution in [1.82, 2.24) is 5.32 Å². The molecule has 3 N–H and O–H groups in total. The predicted octanol–water partition coefficient (Wildman–Crippen LogP) is 3.38. The van der Waals surface area contributed by atoms with E-state index in [9.17, 15) is 0 Å². The molecule has 2 aromatic rings. The van der Waals surface area contributed by atoms with Crippen molar-refractivity contribution in [2.75, 3.05) is 5.73 Å². The summed E-state index contributed by atoms with van der Waals surface area (Å²) in [6.45, 7) is 1.69. The molecule has 4 heteroatoms. The van der Waals surface area contributed by atoms with E-state index in [0.717, 1.165) is 28.8 Å². The first-order chi connectivity index (χ1) is 7.75. The van der Waals surface area contributed by atoms with E-state index in [1.54, 1.807) is 11.3 Å². The number of nitrogen functional groups attached to an aromatic ring is 1. The van der Waals surface area contributed by atoms with Crippen LogP contribution in [0.1, 0.15) is 11.1 Å². The molecule has 0 aliphatic carbocycles. The minimum Gasteiger partial charge on any atom is -0.398 e. The average Bonchev–Trinajstić information content (AvgIpc) is 2.74. The largest absolute Gasteiger partial charge is 0.398 e. The van der Waals surface area contributed by atoms with Crippen molar-refractivity contribution in [3.05, 3.63) is 50.6 Å². The van der Waals surface area contributed by atoms with E-state index < -0.39 is 0 Å². The Kier molecular flexibility index (Phi) is 3.98. The lowest BCUT2D eigenvalue weighted by Gasteiger charge is -2.07. The lowest BCUT2D eigenvalue weighted by molar-refractivity contribution is 0.696. The number of nitrogens with two attached hydrogens (primary N) is 1. The summed E-state index contributed by atoms with van der Waals surface area (Å²) in [5.74, 6) is 0. The van der Waals surface area contributed by atoms with E-state index in [1.807, 2.05) is 18.2 Å². The maximum atomic E-state index is 5.91. The van der Waals surface area contributed by atoms with Crippen molar-refractivity contribution in [3.8, 4) is 0 Å². The summed E-state index contributed by atoms with van der Waals surface area (Å²) in [6.07, 6.45) is 0. The molecular formula is C12H13BrN2S. The molecule has 0 aliphatic heterocycles. The second-order valence-electron chi connectivity index (χ2n) is 3.58. The zero-order chi connectivity index (χ0) is 11.4. The van der Waals surface area contributed by atoms with Crippen LogP contribution in [0.4, 0.5) is 5.69 Å². The van der Waals surface area contributed by atoms with Crippen LogP contribution in [-0.2, 0) is 13.1 Å². The summed E-state index contributed by atoms with van der Waals surface area (Å²) in [5, 5.41) is 7.61. The average molecular weight is 297 g/mol. The first kappa shape index (κ1) is 11.6. The van der Waals surface area contributed by atoms with Crippen molar-refractivity contribution in [2.45, 2.75) is 13.1 Å². The van der Waals surface area contributed by atoms with Gasteiger partial charge in [-0.15, -0.1) is 0 Å². The predicted molar refractivity (Wildman–Crippen MR) is 73.4 cm³/mol. The van der Waals surface area contributed by atoms with Gasteiger partial charge in [0.25, 0.3) is 0 Å². The molecule has 0 aliphatic rings. The van der Waals surface area contributed by atoms with Crippen LogP contribution < -0.4 is 11.1 Å². The highest BCUT2D eigenvalue weighted by atomic mass is 79.9. The Balaban J connectivity index is 1.90. The minimum atomic E-state index is 0.801. The summed E-state index contributed by atoms with van der Waals surface area (Å²) in [7, 11) is 0. The molecular weight excluding hydrogens is 284 g/mol. The second-order valence-corrected chi connectivity index (χ2v) is 5.27. The number of rotatable bonds is 4. The monoisotopic (exact) mass is 296 g/mol. The number of anilines is 1. The van der Waals surface area contributed by atoms with Gasteiger partial charge in [0.15, 0.2) is 0 Å². The number of thiophene rings is 1. The SMILES string of the molecule is Nc1cc(Br)ccc1CNCc1ccsc1. The lowest BCUT2D eigenvalue weighted by atomic mass is 10.2. The zero-order valence-corrected chi connectivity index (χ0v) is 11.1. The quantitative estimate of drug-likeness (QED) is 0.849. The highest BCUT2D eigenvalue weighted by Gasteiger charge is 1.99. The molecule has 0 unspecified atom stereocenters. The Morgan fingerprint density at radius 3 is 2.81 bits per heavy atom. The second kappa shape index (κ2) is 5.48. The van der Waals surface area contributed by atoms with Crippen LogP contribution in [0.5, 0.6) is 0 Å². The molecule has 0 fully saturated rings. The molecule has 0 radical (unpaired) electrons. The van der Waals surface area contributed by atoms with Crippen molar-refractivity contribution in [2.24, 2.45) is 0 Å². The van der Waals surface area contributed by atoms with Gasteiger partial charge in [0.2, 0.25) is 0 Å². The Morgan fingerprint density at radius 2 is 2.12 bits per heavy atom. The van der Waals surface area contributed by atoms with Crippen LogP contribution in [0, 0.1) is 0 Å². The van der Waals surface area contributed by atoms with Gasteiger partial charge in [-0.05, 0) is 40.1 Å².